The van der Waals surface area contributed by atoms with Crippen LogP contribution in [0.4, 0.5) is 0 Å². The fourth-order valence-electron chi connectivity index (χ4n) is 7.96. The van der Waals surface area contributed by atoms with Crippen LogP contribution >= 0.6 is 0 Å². The van der Waals surface area contributed by atoms with Crippen molar-refractivity contribution in [1.29, 1.82) is 0 Å². The first-order chi connectivity index (χ1) is 23.3. The minimum absolute atomic E-state index is 0.592. The molecule has 3 heterocycles. The van der Waals surface area contributed by atoms with Gasteiger partial charge < -0.3 is 8.98 Å². The van der Waals surface area contributed by atoms with Crippen molar-refractivity contribution in [1.82, 2.24) is 14.0 Å². The molecule has 47 heavy (non-hydrogen) atoms. The third-order valence-corrected chi connectivity index (χ3v) is 9.92. The summed E-state index contributed by atoms with van der Waals surface area (Å²) in [5.41, 5.74) is 14.6. The van der Waals surface area contributed by atoms with Crippen LogP contribution in [0.5, 0.6) is 0 Å². The minimum atomic E-state index is 0.592. The van der Waals surface area contributed by atoms with Crippen LogP contribution in [-0.2, 0) is 0 Å². The van der Waals surface area contributed by atoms with E-state index < -0.39 is 0 Å². The fraction of sp³-hybridized carbons (Fsp3) is 0. The molecule has 0 atom stereocenters. The Hall–Kier alpha value is -6.39. The first-order valence-electron chi connectivity index (χ1n) is 16.0. The first-order valence-corrected chi connectivity index (χ1v) is 16.0. The zero-order chi connectivity index (χ0) is 30.6. The standard InChI is InChI=1S/C43H25N3O/c1-2-11-27(12-3-1)45-36-18-7-6-15-30(36)35-25-26(21-24-37(35)45)42-41(44-43-46(42)38-19-8-9-20-39(38)47-43)34-23-22-33-29-14-5-4-13-28(29)31-16-10-17-32(34)40(31)33/h1-25H. The zero-order valence-corrected chi connectivity index (χ0v) is 25.2. The second kappa shape index (κ2) is 9.09. The third-order valence-electron chi connectivity index (χ3n) is 9.92. The Bertz CT molecular complexity index is 2880. The number of aromatic nitrogens is 3. The van der Waals surface area contributed by atoms with Gasteiger partial charge in [0.05, 0.1) is 22.2 Å². The molecule has 218 valence electrons. The summed E-state index contributed by atoms with van der Waals surface area (Å²) in [7, 11) is 0. The smallest absolute Gasteiger partial charge is 0.307 e. The van der Waals surface area contributed by atoms with Crippen LogP contribution in [0.2, 0.25) is 0 Å². The van der Waals surface area contributed by atoms with Gasteiger partial charge in [0.2, 0.25) is 0 Å². The van der Waals surface area contributed by atoms with Crippen LogP contribution in [0, 0.1) is 0 Å². The molecule has 0 N–H and O–H groups in total. The van der Waals surface area contributed by atoms with E-state index in [1.807, 2.05) is 12.1 Å². The summed E-state index contributed by atoms with van der Waals surface area (Å²) in [5, 5.41) is 4.90. The van der Waals surface area contributed by atoms with E-state index >= 15 is 0 Å². The summed E-state index contributed by atoms with van der Waals surface area (Å²) < 4.78 is 11.0. The maximum atomic E-state index is 6.41. The van der Waals surface area contributed by atoms with Crippen molar-refractivity contribution in [3.8, 4) is 50.5 Å². The number of benzene rings is 7. The Morgan fingerprint density at radius 2 is 1.13 bits per heavy atom. The molecule has 0 fully saturated rings. The van der Waals surface area contributed by atoms with E-state index in [9.17, 15) is 0 Å². The van der Waals surface area contributed by atoms with Gasteiger partial charge in [-0.1, -0.05) is 109 Å². The summed E-state index contributed by atoms with van der Waals surface area (Å²) in [6, 6.07) is 54.2. The van der Waals surface area contributed by atoms with Gasteiger partial charge in [-0.2, -0.15) is 4.98 Å². The van der Waals surface area contributed by atoms with E-state index in [1.54, 1.807) is 0 Å². The van der Waals surface area contributed by atoms with Crippen LogP contribution in [-0.4, -0.2) is 14.0 Å². The number of fused-ring (bicyclic) bond motifs is 9. The van der Waals surface area contributed by atoms with Gasteiger partial charge in [0.25, 0.3) is 0 Å². The van der Waals surface area contributed by atoms with E-state index in [-0.39, 0.29) is 0 Å². The number of nitrogens with zero attached hydrogens (tertiary/aromatic N) is 3. The Kier molecular flexibility index (Phi) is 4.81. The number of hydrogen-bond acceptors (Lipinski definition) is 2. The molecule has 0 unspecified atom stereocenters. The molecule has 11 rings (SSSR count). The van der Waals surface area contributed by atoms with Crippen LogP contribution in [0.1, 0.15) is 0 Å². The maximum absolute atomic E-state index is 6.41. The van der Waals surface area contributed by atoms with Crippen molar-refractivity contribution in [2.24, 2.45) is 0 Å². The Labute approximate surface area is 269 Å². The van der Waals surface area contributed by atoms with E-state index in [0.717, 1.165) is 39.3 Å². The molecule has 4 nitrogen and oxygen atoms in total. The molecule has 0 saturated carbocycles. The molecular formula is C43H25N3O. The highest BCUT2D eigenvalue weighted by molar-refractivity contribution is 6.19. The molecule has 4 heteroatoms. The van der Waals surface area contributed by atoms with Gasteiger partial charge in [-0.3, -0.25) is 4.40 Å². The Morgan fingerprint density at radius 3 is 2.00 bits per heavy atom. The van der Waals surface area contributed by atoms with Gasteiger partial charge in [-0.15, -0.1) is 0 Å². The quantitative estimate of drug-likeness (QED) is 0.202. The lowest BCUT2D eigenvalue weighted by atomic mass is 9.94. The number of imidazole rings is 1. The van der Waals surface area contributed by atoms with E-state index in [4.69, 9.17) is 9.40 Å². The molecule has 1 aliphatic carbocycles. The van der Waals surface area contributed by atoms with Crippen LogP contribution in [0.3, 0.4) is 0 Å². The van der Waals surface area contributed by atoms with Crippen molar-refractivity contribution >= 4 is 49.5 Å². The third kappa shape index (κ3) is 3.28. The molecule has 0 saturated heterocycles. The molecule has 0 amide bonds. The summed E-state index contributed by atoms with van der Waals surface area (Å²) in [5.74, 6) is 0.592. The zero-order valence-electron chi connectivity index (χ0n) is 25.2. The Balaban J connectivity index is 1.23. The predicted molar refractivity (Wildman–Crippen MR) is 192 cm³/mol. The van der Waals surface area contributed by atoms with Gasteiger partial charge in [0.1, 0.15) is 5.69 Å². The molecule has 7 aromatic carbocycles. The number of oxazole rings is 1. The molecule has 10 aromatic rings. The summed E-state index contributed by atoms with van der Waals surface area (Å²) in [4.78, 5) is 5.26. The SMILES string of the molecule is c1ccc(-n2c3ccccc3c3cc(-c4c(-c5ccc6c7c(cccc57)-c5ccccc5-6)nc5oc6ccccc6n45)ccc32)cc1. The van der Waals surface area contributed by atoms with Gasteiger partial charge >= 0.3 is 5.84 Å². The lowest BCUT2D eigenvalue weighted by Gasteiger charge is -2.11. The number of para-hydroxylation sites is 4. The van der Waals surface area contributed by atoms with E-state index in [2.05, 4.69) is 148 Å². The average Bonchev–Trinajstić information content (AvgIpc) is 3.86. The molecular weight excluding hydrogens is 574 g/mol. The normalized spacial score (nSPS) is 12.3. The first kappa shape index (κ1) is 24.9. The van der Waals surface area contributed by atoms with Gasteiger partial charge in [-0.25, -0.2) is 0 Å². The van der Waals surface area contributed by atoms with Crippen molar-refractivity contribution in [3.63, 3.8) is 0 Å². The minimum Gasteiger partial charge on any atom is -0.423 e. The second-order valence-corrected chi connectivity index (χ2v) is 12.4. The van der Waals surface area contributed by atoms with Gasteiger partial charge in [-0.05, 0) is 75.5 Å². The summed E-state index contributed by atoms with van der Waals surface area (Å²) >= 11 is 0. The van der Waals surface area contributed by atoms with Crippen LogP contribution in [0.15, 0.2) is 156 Å². The van der Waals surface area contributed by atoms with Gasteiger partial charge in [0, 0.05) is 27.6 Å². The van der Waals surface area contributed by atoms with Crippen LogP contribution < -0.4 is 0 Å². The van der Waals surface area contributed by atoms with Crippen molar-refractivity contribution in [2.75, 3.05) is 0 Å². The lowest BCUT2D eigenvalue weighted by molar-refractivity contribution is 0.642. The highest BCUT2D eigenvalue weighted by atomic mass is 16.4. The Morgan fingerprint density at radius 1 is 0.468 bits per heavy atom. The summed E-state index contributed by atoms with van der Waals surface area (Å²) in [6.07, 6.45) is 0. The van der Waals surface area contributed by atoms with Crippen LogP contribution in [0.25, 0.3) is 100.0 Å². The van der Waals surface area contributed by atoms with Crippen molar-refractivity contribution in [2.45, 2.75) is 0 Å². The molecule has 0 spiro atoms. The monoisotopic (exact) mass is 599 g/mol. The molecule has 0 radical (unpaired) electrons. The largest absolute Gasteiger partial charge is 0.423 e. The highest BCUT2D eigenvalue weighted by Crippen LogP contribution is 2.50. The molecule has 0 aliphatic heterocycles. The molecule has 1 aliphatic rings. The summed E-state index contributed by atoms with van der Waals surface area (Å²) in [6.45, 7) is 0. The topological polar surface area (TPSA) is 35.4 Å². The maximum Gasteiger partial charge on any atom is 0.307 e. The number of rotatable bonds is 3. The predicted octanol–water partition coefficient (Wildman–Crippen LogP) is 11.3. The van der Waals surface area contributed by atoms with Gasteiger partial charge in [0.15, 0.2) is 5.58 Å². The molecule has 3 aromatic heterocycles. The number of hydrogen-bond donors (Lipinski definition) is 0. The van der Waals surface area contributed by atoms with Crippen molar-refractivity contribution in [3.05, 3.63) is 152 Å². The molecule has 0 bridgehead atoms. The van der Waals surface area contributed by atoms with E-state index in [0.29, 0.717) is 5.84 Å². The second-order valence-electron chi connectivity index (χ2n) is 12.4. The fourth-order valence-corrected chi connectivity index (χ4v) is 7.96. The average molecular weight is 600 g/mol. The van der Waals surface area contributed by atoms with Crippen molar-refractivity contribution < 1.29 is 4.42 Å². The lowest BCUT2D eigenvalue weighted by Crippen LogP contribution is -1.93. The van der Waals surface area contributed by atoms with E-state index in [1.165, 1.54) is 54.8 Å². The highest BCUT2D eigenvalue weighted by Gasteiger charge is 2.27.